The molecule has 0 aliphatic carbocycles. The third kappa shape index (κ3) is 1.89. The van der Waals surface area contributed by atoms with E-state index in [1.807, 2.05) is 38.5 Å². The van der Waals surface area contributed by atoms with Gasteiger partial charge < -0.3 is 10.3 Å². The number of aromatic nitrogens is 4. The summed E-state index contributed by atoms with van der Waals surface area (Å²) in [7, 11) is 3.77. The summed E-state index contributed by atoms with van der Waals surface area (Å²) in [5.41, 5.74) is 7.81. The molecule has 0 aliphatic rings. The first-order valence-corrected chi connectivity index (χ1v) is 5.97. The molecule has 0 spiro atoms. The van der Waals surface area contributed by atoms with Gasteiger partial charge in [-0.2, -0.15) is 5.10 Å². The number of rotatable bonds is 1. The standard InChI is InChI=1S/C14H15N5/c1-9-13(16-14(15)19(9)3)7-10-4-5-12-11(6-10)8-18(2)17-12/h4-8H,1H2,2-3H3,(H2,15,16)/b13-7-. The van der Waals surface area contributed by atoms with Gasteiger partial charge in [-0.25, -0.2) is 4.98 Å². The number of imidazole rings is 1. The molecule has 0 radical (unpaired) electrons. The lowest BCUT2D eigenvalue weighted by atomic mass is 10.1. The number of nitrogens with two attached hydrogens (primary N) is 1. The van der Waals surface area contributed by atoms with E-state index in [1.165, 1.54) is 0 Å². The number of nitrogens with zero attached hydrogens (tertiary/aromatic N) is 4. The molecule has 0 bridgehead atoms. The van der Waals surface area contributed by atoms with Gasteiger partial charge in [0.2, 0.25) is 5.95 Å². The van der Waals surface area contributed by atoms with Gasteiger partial charge in [0.05, 0.1) is 16.2 Å². The molecule has 2 heterocycles. The topological polar surface area (TPSA) is 61.7 Å². The molecule has 0 saturated heterocycles. The lowest BCUT2D eigenvalue weighted by Crippen LogP contribution is -2.27. The second kappa shape index (κ2) is 3.98. The van der Waals surface area contributed by atoms with Crippen LogP contribution in [0.3, 0.4) is 0 Å². The highest BCUT2D eigenvalue weighted by molar-refractivity contribution is 5.80. The maximum Gasteiger partial charge on any atom is 0.200 e. The molecule has 96 valence electrons. The highest BCUT2D eigenvalue weighted by Crippen LogP contribution is 2.14. The Morgan fingerprint density at radius 1 is 1.32 bits per heavy atom. The highest BCUT2D eigenvalue weighted by atomic mass is 15.2. The normalized spacial score (nSPS) is 12.4. The van der Waals surface area contributed by atoms with E-state index in [4.69, 9.17) is 5.73 Å². The van der Waals surface area contributed by atoms with Crippen LogP contribution in [0.2, 0.25) is 0 Å². The Morgan fingerprint density at radius 2 is 2.11 bits per heavy atom. The number of hydrogen-bond donors (Lipinski definition) is 1. The van der Waals surface area contributed by atoms with Crippen molar-refractivity contribution in [2.45, 2.75) is 0 Å². The Morgan fingerprint density at radius 3 is 2.79 bits per heavy atom. The van der Waals surface area contributed by atoms with Crippen molar-refractivity contribution < 1.29 is 0 Å². The number of nitrogen functional groups attached to an aromatic ring is 1. The zero-order valence-electron chi connectivity index (χ0n) is 11.0. The van der Waals surface area contributed by atoms with E-state index in [2.05, 4.69) is 22.7 Å². The first kappa shape index (κ1) is 11.5. The molecule has 3 aromatic rings. The fourth-order valence-electron chi connectivity index (χ4n) is 2.10. The number of hydrogen-bond acceptors (Lipinski definition) is 3. The molecule has 0 amide bonds. The van der Waals surface area contributed by atoms with Gasteiger partial charge in [-0.3, -0.25) is 4.68 Å². The molecule has 0 unspecified atom stereocenters. The molecule has 3 rings (SSSR count). The minimum atomic E-state index is 0.471. The summed E-state index contributed by atoms with van der Waals surface area (Å²) < 4.78 is 3.58. The summed E-state index contributed by atoms with van der Waals surface area (Å²) in [5.74, 6) is 0.471. The van der Waals surface area contributed by atoms with Crippen molar-refractivity contribution in [3.8, 4) is 0 Å². The van der Waals surface area contributed by atoms with Crippen LogP contribution < -0.4 is 16.4 Å². The fraction of sp³-hybridized carbons (Fsp3) is 0.143. The molecule has 19 heavy (non-hydrogen) atoms. The lowest BCUT2D eigenvalue weighted by molar-refractivity contribution is 0.780. The molecule has 1 aromatic carbocycles. The van der Waals surface area contributed by atoms with E-state index in [0.717, 1.165) is 27.2 Å². The first-order chi connectivity index (χ1) is 9.04. The molecular formula is C14H15N5. The average Bonchev–Trinajstić information content (AvgIpc) is 2.84. The van der Waals surface area contributed by atoms with Gasteiger partial charge in [0.25, 0.3) is 0 Å². The van der Waals surface area contributed by atoms with Crippen molar-refractivity contribution >= 4 is 29.5 Å². The van der Waals surface area contributed by atoms with E-state index in [0.29, 0.717) is 5.95 Å². The van der Waals surface area contributed by atoms with Crippen LogP contribution in [0.25, 0.3) is 23.6 Å². The predicted octanol–water partition coefficient (Wildman–Crippen LogP) is 0.128. The summed E-state index contributed by atoms with van der Waals surface area (Å²) >= 11 is 0. The van der Waals surface area contributed by atoms with Gasteiger partial charge >= 0.3 is 0 Å². The van der Waals surface area contributed by atoms with Gasteiger partial charge in [-0.05, 0) is 23.8 Å². The number of aryl methyl sites for hydroxylation is 1. The monoisotopic (exact) mass is 253 g/mol. The van der Waals surface area contributed by atoms with E-state index in [9.17, 15) is 0 Å². The second-order valence-electron chi connectivity index (χ2n) is 4.63. The minimum absolute atomic E-state index is 0.471. The summed E-state index contributed by atoms with van der Waals surface area (Å²) in [4.78, 5) is 4.29. The molecule has 0 aliphatic heterocycles. The smallest absolute Gasteiger partial charge is 0.200 e. The Hall–Kier alpha value is -2.56. The van der Waals surface area contributed by atoms with Crippen molar-refractivity contribution in [1.29, 1.82) is 0 Å². The van der Waals surface area contributed by atoms with Crippen LogP contribution in [0.5, 0.6) is 0 Å². The van der Waals surface area contributed by atoms with Gasteiger partial charge in [0.15, 0.2) is 0 Å². The molecule has 0 atom stereocenters. The van der Waals surface area contributed by atoms with Crippen LogP contribution >= 0.6 is 0 Å². The van der Waals surface area contributed by atoms with Crippen LogP contribution in [0.15, 0.2) is 24.4 Å². The highest BCUT2D eigenvalue weighted by Gasteiger charge is 2.01. The van der Waals surface area contributed by atoms with Crippen LogP contribution in [-0.2, 0) is 14.1 Å². The lowest BCUT2D eigenvalue weighted by Gasteiger charge is -1.92. The number of fused-ring (bicyclic) bond motifs is 1. The van der Waals surface area contributed by atoms with E-state index in [1.54, 1.807) is 9.25 Å². The van der Waals surface area contributed by atoms with Gasteiger partial charge in [0, 0.05) is 25.7 Å². The van der Waals surface area contributed by atoms with E-state index >= 15 is 0 Å². The van der Waals surface area contributed by atoms with E-state index < -0.39 is 0 Å². The largest absolute Gasteiger partial charge is 0.369 e. The van der Waals surface area contributed by atoms with Gasteiger partial charge in [-0.1, -0.05) is 12.6 Å². The Labute approximate surface area is 110 Å². The van der Waals surface area contributed by atoms with Crippen LogP contribution in [0, 0.1) is 0 Å². The van der Waals surface area contributed by atoms with Crippen LogP contribution in [0.1, 0.15) is 5.56 Å². The fourth-order valence-corrected chi connectivity index (χ4v) is 2.10. The molecule has 2 aromatic heterocycles. The summed E-state index contributed by atoms with van der Waals surface area (Å²) in [5, 5.41) is 7.05. The number of anilines is 1. The Balaban J connectivity index is 2.19. The van der Waals surface area contributed by atoms with Crippen molar-refractivity contribution in [2.24, 2.45) is 14.1 Å². The maximum absolute atomic E-state index is 5.77. The number of benzene rings is 1. The quantitative estimate of drug-likeness (QED) is 0.670. The van der Waals surface area contributed by atoms with Crippen molar-refractivity contribution in [2.75, 3.05) is 5.73 Å². The van der Waals surface area contributed by atoms with Gasteiger partial charge in [0.1, 0.15) is 0 Å². The summed E-state index contributed by atoms with van der Waals surface area (Å²) in [6.45, 7) is 3.98. The van der Waals surface area contributed by atoms with Crippen LogP contribution in [-0.4, -0.2) is 19.3 Å². The summed E-state index contributed by atoms with van der Waals surface area (Å²) in [6.07, 6.45) is 3.97. The molecule has 5 heteroatoms. The van der Waals surface area contributed by atoms with Gasteiger partial charge in [-0.15, -0.1) is 0 Å². The molecule has 0 saturated carbocycles. The Kier molecular flexibility index (Phi) is 2.41. The Bertz CT molecular complexity index is 869. The van der Waals surface area contributed by atoms with Crippen molar-refractivity contribution in [3.05, 3.63) is 40.7 Å². The zero-order valence-corrected chi connectivity index (χ0v) is 11.0. The summed E-state index contributed by atoms with van der Waals surface area (Å²) in [6, 6.07) is 6.09. The second-order valence-corrected chi connectivity index (χ2v) is 4.63. The maximum atomic E-state index is 5.77. The first-order valence-electron chi connectivity index (χ1n) is 5.97. The third-order valence-corrected chi connectivity index (χ3v) is 3.23. The SMILES string of the molecule is C=c1/c(=C/c2ccc3nn(C)cc3c2)nc(N)n1C. The molecule has 0 fully saturated rings. The average molecular weight is 253 g/mol. The third-order valence-electron chi connectivity index (χ3n) is 3.23. The van der Waals surface area contributed by atoms with E-state index in [-0.39, 0.29) is 0 Å². The van der Waals surface area contributed by atoms with Crippen molar-refractivity contribution in [1.82, 2.24) is 19.3 Å². The zero-order chi connectivity index (χ0) is 13.6. The molecular weight excluding hydrogens is 238 g/mol. The molecule has 5 nitrogen and oxygen atoms in total. The van der Waals surface area contributed by atoms with Crippen LogP contribution in [0.4, 0.5) is 5.95 Å². The predicted molar refractivity (Wildman–Crippen MR) is 76.7 cm³/mol. The van der Waals surface area contributed by atoms with Crippen molar-refractivity contribution in [3.63, 3.8) is 0 Å². The molecule has 2 N–H and O–H groups in total. The minimum Gasteiger partial charge on any atom is -0.369 e.